The molecule has 0 spiro atoms. The van der Waals surface area contributed by atoms with E-state index in [1.54, 1.807) is 18.2 Å². The van der Waals surface area contributed by atoms with Gasteiger partial charge >= 0.3 is 0 Å². The normalized spacial score (nSPS) is 11.5. The maximum Gasteiger partial charge on any atom is 0.125 e. The molecule has 1 aromatic carbocycles. The summed E-state index contributed by atoms with van der Waals surface area (Å²) in [5.41, 5.74) is 2.79. The highest BCUT2D eigenvalue weighted by Crippen LogP contribution is 2.19. The Morgan fingerprint density at radius 3 is 2.94 bits per heavy atom. The van der Waals surface area contributed by atoms with Crippen molar-refractivity contribution in [2.24, 2.45) is 0 Å². The van der Waals surface area contributed by atoms with Gasteiger partial charge < -0.3 is 10.3 Å². The summed E-state index contributed by atoms with van der Waals surface area (Å²) < 4.78 is 13.0. The molecule has 1 aromatic heterocycles. The van der Waals surface area contributed by atoms with Gasteiger partial charge in [-0.1, -0.05) is 19.2 Å². The van der Waals surface area contributed by atoms with Crippen molar-refractivity contribution in [3.63, 3.8) is 0 Å². The van der Waals surface area contributed by atoms with E-state index in [-0.39, 0.29) is 5.82 Å². The molecule has 0 bridgehead atoms. The second kappa shape index (κ2) is 5.36. The summed E-state index contributed by atoms with van der Waals surface area (Å²) in [5, 5.41) is 4.26. The van der Waals surface area contributed by atoms with E-state index in [0.29, 0.717) is 6.54 Å². The first kappa shape index (κ1) is 12.2. The molecule has 0 saturated carbocycles. The average molecular weight is 242 g/mol. The third-order valence-corrected chi connectivity index (χ3v) is 2.73. The Labute approximate surface area is 106 Å². The molecule has 0 fully saturated rings. The van der Waals surface area contributed by atoms with Crippen molar-refractivity contribution in [1.82, 2.24) is 10.3 Å². The minimum Gasteiger partial charge on any atom is -0.381 e. The fourth-order valence-electron chi connectivity index (χ4n) is 1.83. The van der Waals surface area contributed by atoms with Gasteiger partial charge in [-0.15, -0.1) is 0 Å². The Morgan fingerprint density at radius 2 is 2.22 bits per heavy atom. The predicted octanol–water partition coefficient (Wildman–Crippen LogP) is 3.65. The number of hydrogen-bond acceptors (Lipinski definition) is 1. The molecule has 0 aliphatic heterocycles. The molecule has 0 aliphatic carbocycles. The minimum atomic E-state index is -0.234. The number of H-pyrrole nitrogens is 1. The summed E-state index contributed by atoms with van der Waals surface area (Å²) in [6, 6.07) is 4.74. The summed E-state index contributed by atoms with van der Waals surface area (Å²) >= 11 is 0. The van der Waals surface area contributed by atoms with Crippen LogP contribution in [0.4, 0.5) is 4.39 Å². The van der Waals surface area contributed by atoms with E-state index in [2.05, 4.69) is 23.5 Å². The van der Waals surface area contributed by atoms with Crippen LogP contribution >= 0.6 is 0 Å². The number of fused-ring (bicyclic) bond motifs is 1. The lowest BCUT2D eigenvalue weighted by Gasteiger charge is -2.05. The SMILES string of the molecule is C=C/C=C(\C=C)NCc1c[nH]c2cc(F)ccc12. The lowest BCUT2D eigenvalue weighted by atomic mass is 10.1. The van der Waals surface area contributed by atoms with Gasteiger partial charge in [-0.05, 0) is 35.9 Å². The molecule has 0 amide bonds. The zero-order chi connectivity index (χ0) is 13.0. The van der Waals surface area contributed by atoms with Gasteiger partial charge in [0, 0.05) is 29.3 Å². The highest BCUT2D eigenvalue weighted by Gasteiger charge is 2.04. The molecule has 0 aliphatic rings. The summed E-state index contributed by atoms with van der Waals surface area (Å²) in [6.07, 6.45) is 7.16. The molecule has 2 aromatic rings. The molecule has 2 N–H and O–H groups in total. The lowest BCUT2D eigenvalue weighted by Crippen LogP contribution is -2.10. The zero-order valence-electron chi connectivity index (χ0n) is 10.0. The maximum atomic E-state index is 13.0. The second-order valence-electron chi connectivity index (χ2n) is 3.92. The minimum absolute atomic E-state index is 0.234. The number of aromatic nitrogens is 1. The molecular formula is C15H15FN2. The third-order valence-electron chi connectivity index (χ3n) is 2.73. The number of allylic oxidation sites excluding steroid dienone is 3. The molecular weight excluding hydrogens is 227 g/mol. The van der Waals surface area contributed by atoms with Crippen LogP contribution in [0.5, 0.6) is 0 Å². The van der Waals surface area contributed by atoms with Gasteiger partial charge in [0.2, 0.25) is 0 Å². The Balaban J connectivity index is 2.20. The highest BCUT2D eigenvalue weighted by molar-refractivity contribution is 5.83. The smallest absolute Gasteiger partial charge is 0.125 e. The lowest BCUT2D eigenvalue weighted by molar-refractivity contribution is 0.629. The number of rotatable bonds is 5. The number of halogens is 1. The van der Waals surface area contributed by atoms with Crippen LogP contribution in [-0.4, -0.2) is 4.98 Å². The van der Waals surface area contributed by atoms with Gasteiger partial charge in [0.25, 0.3) is 0 Å². The van der Waals surface area contributed by atoms with Crippen LogP contribution in [0, 0.1) is 5.82 Å². The van der Waals surface area contributed by atoms with E-state index in [0.717, 1.165) is 22.2 Å². The monoisotopic (exact) mass is 242 g/mol. The quantitative estimate of drug-likeness (QED) is 0.769. The largest absolute Gasteiger partial charge is 0.381 e. The average Bonchev–Trinajstić information content (AvgIpc) is 2.76. The molecule has 0 atom stereocenters. The third kappa shape index (κ3) is 2.51. The van der Waals surface area contributed by atoms with Crippen molar-refractivity contribution in [3.05, 3.63) is 72.9 Å². The van der Waals surface area contributed by atoms with Crippen LogP contribution in [0.2, 0.25) is 0 Å². The molecule has 0 unspecified atom stereocenters. The van der Waals surface area contributed by atoms with Crippen molar-refractivity contribution in [2.45, 2.75) is 6.54 Å². The first-order valence-electron chi connectivity index (χ1n) is 5.69. The summed E-state index contributed by atoms with van der Waals surface area (Å²) in [6.45, 7) is 8.01. The van der Waals surface area contributed by atoms with Crippen molar-refractivity contribution < 1.29 is 4.39 Å². The summed E-state index contributed by atoms with van der Waals surface area (Å²) in [4.78, 5) is 3.06. The van der Waals surface area contributed by atoms with Crippen molar-refractivity contribution >= 4 is 10.9 Å². The van der Waals surface area contributed by atoms with Crippen LogP contribution in [0.25, 0.3) is 10.9 Å². The van der Waals surface area contributed by atoms with Gasteiger partial charge in [0.05, 0.1) is 0 Å². The molecule has 92 valence electrons. The number of nitrogens with one attached hydrogen (secondary N) is 2. The summed E-state index contributed by atoms with van der Waals surface area (Å²) in [5.74, 6) is -0.234. The molecule has 1 heterocycles. The standard InChI is InChI=1S/C15H15FN2/c1-3-5-13(4-2)17-9-11-10-18-15-8-12(16)6-7-14(11)15/h3-8,10,17-18H,1-2,9H2/b13-5+. The van der Waals surface area contributed by atoms with Gasteiger partial charge in [0.1, 0.15) is 5.82 Å². The molecule has 2 rings (SSSR count). The van der Waals surface area contributed by atoms with E-state index in [1.165, 1.54) is 12.1 Å². The van der Waals surface area contributed by atoms with Crippen LogP contribution in [-0.2, 0) is 6.54 Å². The first-order valence-corrected chi connectivity index (χ1v) is 5.69. The Hall–Kier alpha value is -2.29. The second-order valence-corrected chi connectivity index (χ2v) is 3.92. The molecule has 2 nitrogen and oxygen atoms in total. The number of aromatic amines is 1. The van der Waals surface area contributed by atoms with Crippen LogP contribution in [0.1, 0.15) is 5.56 Å². The van der Waals surface area contributed by atoms with Crippen molar-refractivity contribution in [1.29, 1.82) is 0 Å². The molecule has 0 saturated heterocycles. The van der Waals surface area contributed by atoms with E-state index in [1.807, 2.05) is 12.3 Å². The van der Waals surface area contributed by atoms with Crippen LogP contribution in [0.15, 0.2) is 61.5 Å². The van der Waals surface area contributed by atoms with Gasteiger partial charge in [-0.2, -0.15) is 0 Å². The van der Waals surface area contributed by atoms with Crippen molar-refractivity contribution in [2.75, 3.05) is 0 Å². The number of hydrogen-bond donors (Lipinski definition) is 2. The Bertz CT molecular complexity index is 608. The van der Waals surface area contributed by atoms with E-state index in [4.69, 9.17) is 0 Å². The number of benzene rings is 1. The first-order chi connectivity index (χ1) is 8.74. The van der Waals surface area contributed by atoms with Gasteiger partial charge in [0.15, 0.2) is 0 Å². The highest BCUT2D eigenvalue weighted by atomic mass is 19.1. The topological polar surface area (TPSA) is 27.8 Å². The van der Waals surface area contributed by atoms with E-state index < -0.39 is 0 Å². The Kier molecular flexibility index (Phi) is 3.63. The van der Waals surface area contributed by atoms with E-state index >= 15 is 0 Å². The molecule has 18 heavy (non-hydrogen) atoms. The zero-order valence-corrected chi connectivity index (χ0v) is 10.0. The van der Waals surface area contributed by atoms with Crippen LogP contribution < -0.4 is 5.32 Å². The predicted molar refractivity (Wildman–Crippen MR) is 73.6 cm³/mol. The van der Waals surface area contributed by atoms with Gasteiger partial charge in [-0.3, -0.25) is 0 Å². The van der Waals surface area contributed by atoms with Crippen molar-refractivity contribution in [3.8, 4) is 0 Å². The molecule has 0 radical (unpaired) electrons. The maximum absolute atomic E-state index is 13.0. The summed E-state index contributed by atoms with van der Waals surface area (Å²) in [7, 11) is 0. The van der Waals surface area contributed by atoms with Gasteiger partial charge in [-0.25, -0.2) is 4.39 Å². The fourth-order valence-corrected chi connectivity index (χ4v) is 1.83. The fraction of sp³-hybridized carbons (Fsp3) is 0.0667. The molecule has 3 heteroatoms. The van der Waals surface area contributed by atoms with Crippen LogP contribution in [0.3, 0.4) is 0 Å². The Morgan fingerprint density at radius 1 is 1.39 bits per heavy atom. The van der Waals surface area contributed by atoms with E-state index in [9.17, 15) is 4.39 Å².